The van der Waals surface area contributed by atoms with Crippen LogP contribution in [0.2, 0.25) is 0 Å². The topological polar surface area (TPSA) is 68.5 Å². The first-order chi connectivity index (χ1) is 14.6. The van der Waals surface area contributed by atoms with Gasteiger partial charge >= 0.3 is 0 Å². The van der Waals surface area contributed by atoms with E-state index in [9.17, 15) is 9.18 Å². The Labute approximate surface area is 180 Å². The van der Waals surface area contributed by atoms with Crippen molar-refractivity contribution in [2.45, 2.75) is 6.54 Å². The van der Waals surface area contributed by atoms with E-state index in [1.165, 1.54) is 30.5 Å². The van der Waals surface area contributed by atoms with Crippen molar-refractivity contribution in [3.8, 4) is 11.5 Å². The molecular formula is C22H16BrFN4O2. The number of rotatable bonds is 6. The summed E-state index contributed by atoms with van der Waals surface area (Å²) >= 11 is 3.41. The number of fused-ring (bicyclic) bond motifs is 1. The number of ether oxygens (including phenoxy) is 1. The van der Waals surface area contributed by atoms with Gasteiger partial charge in [-0.2, -0.15) is 0 Å². The molecule has 0 aliphatic heterocycles. The van der Waals surface area contributed by atoms with Crippen LogP contribution in [0.5, 0.6) is 11.5 Å². The number of nitrogens with one attached hydrogen (secondary N) is 1. The third kappa shape index (κ3) is 4.90. The number of nitrogens with zero attached hydrogens (tertiary/aromatic N) is 3. The lowest BCUT2D eigenvalue weighted by Gasteiger charge is -2.06. The van der Waals surface area contributed by atoms with E-state index in [2.05, 4.69) is 31.2 Å². The van der Waals surface area contributed by atoms with Crippen LogP contribution in [-0.4, -0.2) is 20.3 Å². The lowest BCUT2D eigenvalue weighted by molar-refractivity contribution is -0.116. The number of amides is 1. The summed E-state index contributed by atoms with van der Waals surface area (Å²) in [5, 5.41) is 2.76. The first-order valence-corrected chi connectivity index (χ1v) is 9.82. The third-order valence-electron chi connectivity index (χ3n) is 4.15. The quantitative estimate of drug-likeness (QED) is 0.416. The van der Waals surface area contributed by atoms with Crippen LogP contribution < -0.4 is 10.1 Å². The predicted molar refractivity (Wildman–Crippen MR) is 114 cm³/mol. The number of halogens is 2. The van der Waals surface area contributed by atoms with Gasteiger partial charge in [0, 0.05) is 29.1 Å². The molecular weight excluding hydrogens is 451 g/mol. The van der Waals surface area contributed by atoms with Crippen molar-refractivity contribution < 1.29 is 13.9 Å². The van der Waals surface area contributed by atoms with Gasteiger partial charge in [-0.1, -0.05) is 6.07 Å². The molecule has 3 aromatic heterocycles. The summed E-state index contributed by atoms with van der Waals surface area (Å²) in [6.45, 7) is 0.286. The maximum Gasteiger partial charge on any atom is 0.244 e. The fourth-order valence-corrected chi connectivity index (χ4v) is 3.10. The van der Waals surface area contributed by atoms with Crippen LogP contribution in [0.4, 0.5) is 4.39 Å². The maximum absolute atomic E-state index is 14.3. The van der Waals surface area contributed by atoms with Gasteiger partial charge in [0.15, 0.2) is 11.6 Å². The van der Waals surface area contributed by atoms with Crippen molar-refractivity contribution >= 4 is 33.6 Å². The van der Waals surface area contributed by atoms with Crippen LogP contribution in [0.3, 0.4) is 0 Å². The highest BCUT2D eigenvalue weighted by Crippen LogP contribution is 2.24. The van der Waals surface area contributed by atoms with Gasteiger partial charge in [0.25, 0.3) is 0 Å². The van der Waals surface area contributed by atoms with E-state index in [4.69, 9.17) is 4.74 Å². The number of pyridine rings is 2. The van der Waals surface area contributed by atoms with Crippen molar-refractivity contribution in [1.82, 2.24) is 19.7 Å². The second-order valence-electron chi connectivity index (χ2n) is 6.38. The smallest absolute Gasteiger partial charge is 0.244 e. The second-order valence-corrected chi connectivity index (χ2v) is 7.29. The number of hydrogen-bond acceptors (Lipinski definition) is 4. The largest absolute Gasteiger partial charge is 0.453 e. The van der Waals surface area contributed by atoms with Gasteiger partial charge in [-0.25, -0.2) is 9.37 Å². The number of carbonyl (C=O) groups is 1. The van der Waals surface area contributed by atoms with Crippen LogP contribution in [0.1, 0.15) is 11.3 Å². The van der Waals surface area contributed by atoms with Gasteiger partial charge in [0.1, 0.15) is 11.4 Å². The molecule has 4 aromatic rings. The SMILES string of the molecule is O=C(/C=C/c1ccc(Oc2cccnc2)c(F)c1)NCc1cn2cc(Br)ccc2n1. The molecule has 1 amide bonds. The summed E-state index contributed by atoms with van der Waals surface area (Å²) in [5.74, 6) is -0.303. The van der Waals surface area contributed by atoms with Crippen LogP contribution in [0.15, 0.2) is 77.8 Å². The molecule has 0 bridgehead atoms. The minimum atomic E-state index is -0.530. The Morgan fingerprint density at radius 2 is 2.13 bits per heavy atom. The molecule has 1 aromatic carbocycles. The number of imidazole rings is 1. The zero-order valence-corrected chi connectivity index (χ0v) is 17.2. The highest BCUT2D eigenvalue weighted by molar-refractivity contribution is 9.10. The van der Waals surface area contributed by atoms with Crippen molar-refractivity contribution in [2.24, 2.45) is 0 Å². The molecule has 0 radical (unpaired) electrons. The molecule has 0 spiro atoms. The van der Waals surface area contributed by atoms with E-state index in [1.54, 1.807) is 24.4 Å². The summed E-state index contributed by atoms with van der Waals surface area (Å²) in [6, 6.07) is 11.6. The van der Waals surface area contributed by atoms with Gasteiger partial charge in [0.2, 0.25) is 5.91 Å². The predicted octanol–water partition coefficient (Wildman–Crippen LogP) is 4.75. The Morgan fingerprint density at radius 3 is 2.93 bits per heavy atom. The summed E-state index contributed by atoms with van der Waals surface area (Å²) in [5.41, 5.74) is 2.07. The minimum Gasteiger partial charge on any atom is -0.453 e. The fraction of sp³-hybridized carbons (Fsp3) is 0.0455. The van der Waals surface area contributed by atoms with Gasteiger partial charge in [0.05, 0.1) is 18.4 Å². The maximum atomic E-state index is 14.3. The van der Waals surface area contributed by atoms with Gasteiger partial charge < -0.3 is 14.5 Å². The Morgan fingerprint density at radius 1 is 1.23 bits per heavy atom. The van der Waals surface area contributed by atoms with E-state index in [1.807, 2.05) is 28.9 Å². The Bertz CT molecular complexity index is 1220. The molecule has 0 aliphatic rings. The zero-order valence-electron chi connectivity index (χ0n) is 15.6. The normalized spacial score (nSPS) is 11.1. The molecule has 6 nitrogen and oxygen atoms in total. The molecule has 3 heterocycles. The average Bonchev–Trinajstić information content (AvgIpc) is 3.15. The highest BCUT2D eigenvalue weighted by atomic mass is 79.9. The van der Waals surface area contributed by atoms with E-state index in [0.29, 0.717) is 11.3 Å². The number of aromatic nitrogens is 3. The molecule has 150 valence electrons. The Kier molecular flexibility index (Phi) is 5.85. The summed E-state index contributed by atoms with van der Waals surface area (Å²) in [6.07, 6.45) is 9.73. The van der Waals surface area contributed by atoms with Crippen molar-refractivity contribution in [3.63, 3.8) is 0 Å². The van der Waals surface area contributed by atoms with E-state index in [0.717, 1.165) is 15.8 Å². The number of carbonyl (C=O) groups excluding carboxylic acids is 1. The van der Waals surface area contributed by atoms with Crippen LogP contribution >= 0.6 is 15.9 Å². The Hall–Kier alpha value is -3.52. The summed E-state index contributed by atoms with van der Waals surface area (Å²) in [7, 11) is 0. The standard InChI is InChI=1S/C22H16BrFN4O2/c23-16-5-7-21-27-17(14-28(21)13-16)11-26-22(29)8-4-15-3-6-20(19(24)10-15)30-18-2-1-9-25-12-18/h1-10,12-14H,11H2,(H,26,29)/b8-4+. The van der Waals surface area contributed by atoms with E-state index in [-0.39, 0.29) is 18.2 Å². The van der Waals surface area contributed by atoms with Crippen molar-refractivity contribution in [2.75, 3.05) is 0 Å². The Balaban J connectivity index is 1.35. The monoisotopic (exact) mass is 466 g/mol. The van der Waals surface area contributed by atoms with Crippen molar-refractivity contribution in [1.29, 1.82) is 0 Å². The first-order valence-electron chi connectivity index (χ1n) is 9.03. The van der Waals surface area contributed by atoms with Gasteiger partial charge in [-0.15, -0.1) is 0 Å². The van der Waals surface area contributed by atoms with Crippen LogP contribution in [0.25, 0.3) is 11.7 Å². The highest BCUT2D eigenvalue weighted by Gasteiger charge is 2.06. The zero-order chi connectivity index (χ0) is 20.9. The molecule has 4 rings (SSSR count). The number of benzene rings is 1. The molecule has 0 saturated carbocycles. The molecule has 0 unspecified atom stereocenters. The van der Waals surface area contributed by atoms with E-state index < -0.39 is 5.82 Å². The fourth-order valence-electron chi connectivity index (χ4n) is 2.75. The molecule has 0 saturated heterocycles. The van der Waals surface area contributed by atoms with Gasteiger partial charge in [-0.05, 0) is 64.0 Å². The summed E-state index contributed by atoms with van der Waals surface area (Å²) < 4.78 is 22.5. The van der Waals surface area contributed by atoms with Gasteiger partial charge in [-0.3, -0.25) is 9.78 Å². The summed E-state index contributed by atoms with van der Waals surface area (Å²) in [4.78, 5) is 20.4. The second kappa shape index (κ2) is 8.87. The number of hydrogen-bond donors (Lipinski definition) is 1. The lowest BCUT2D eigenvalue weighted by atomic mass is 10.2. The molecule has 1 N–H and O–H groups in total. The van der Waals surface area contributed by atoms with Crippen LogP contribution in [-0.2, 0) is 11.3 Å². The molecule has 0 aliphatic carbocycles. The van der Waals surface area contributed by atoms with Crippen molar-refractivity contribution in [3.05, 3.63) is 94.9 Å². The first kappa shape index (κ1) is 19.8. The molecule has 0 atom stereocenters. The molecule has 0 fully saturated rings. The van der Waals surface area contributed by atoms with Crippen LogP contribution in [0, 0.1) is 5.82 Å². The third-order valence-corrected chi connectivity index (χ3v) is 4.62. The average molecular weight is 467 g/mol. The molecule has 8 heteroatoms. The lowest BCUT2D eigenvalue weighted by Crippen LogP contribution is -2.20. The van der Waals surface area contributed by atoms with E-state index >= 15 is 0 Å². The minimum absolute atomic E-state index is 0.0862. The molecule has 30 heavy (non-hydrogen) atoms.